The number of fused-ring (bicyclic) bond motifs is 1. The molecule has 0 aromatic carbocycles. The molecule has 29 heavy (non-hydrogen) atoms. The summed E-state index contributed by atoms with van der Waals surface area (Å²) in [6.07, 6.45) is 0.493. The number of likely N-dealkylation sites (tertiary alicyclic amines) is 1. The summed E-state index contributed by atoms with van der Waals surface area (Å²) in [5.74, 6) is -2.72. The molecular formula is C21H34N2O6. The number of rotatable bonds is 5. The van der Waals surface area contributed by atoms with E-state index in [-0.39, 0.29) is 30.9 Å². The molecule has 3 fully saturated rings. The Balaban J connectivity index is 2.12. The summed E-state index contributed by atoms with van der Waals surface area (Å²) in [5.41, 5.74) is -2.49. The maximum Gasteiger partial charge on any atom is 0.312 e. The second-order valence-corrected chi connectivity index (χ2v) is 9.97. The van der Waals surface area contributed by atoms with E-state index >= 15 is 0 Å². The molecule has 0 saturated carbocycles. The molecule has 3 aliphatic rings. The van der Waals surface area contributed by atoms with Gasteiger partial charge in [-0.05, 0) is 53.9 Å². The zero-order chi connectivity index (χ0) is 21.9. The molecule has 1 spiro atoms. The highest BCUT2D eigenvalue weighted by Gasteiger charge is 2.80. The molecule has 3 saturated heterocycles. The van der Waals surface area contributed by atoms with E-state index in [1.807, 2.05) is 34.6 Å². The Kier molecular flexibility index (Phi) is 5.27. The highest BCUT2D eigenvalue weighted by molar-refractivity contribution is 5.98. The minimum Gasteiger partial charge on any atom is -0.466 e. The van der Waals surface area contributed by atoms with Crippen LogP contribution in [0.5, 0.6) is 0 Å². The van der Waals surface area contributed by atoms with Crippen LogP contribution in [-0.2, 0) is 23.9 Å². The van der Waals surface area contributed by atoms with Gasteiger partial charge < -0.3 is 24.8 Å². The van der Waals surface area contributed by atoms with E-state index in [2.05, 4.69) is 5.32 Å². The molecule has 3 heterocycles. The van der Waals surface area contributed by atoms with E-state index in [4.69, 9.17) is 9.47 Å². The molecule has 0 radical (unpaired) electrons. The Morgan fingerprint density at radius 1 is 1.41 bits per heavy atom. The van der Waals surface area contributed by atoms with Crippen molar-refractivity contribution in [1.29, 1.82) is 0 Å². The minimum atomic E-state index is -1.11. The number of hydrogen-bond donors (Lipinski definition) is 2. The molecular weight excluding hydrogens is 376 g/mol. The maximum atomic E-state index is 13.6. The Bertz CT molecular complexity index is 718. The zero-order valence-corrected chi connectivity index (χ0v) is 18.4. The molecule has 3 rings (SSSR count). The second kappa shape index (κ2) is 6.94. The summed E-state index contributed by atoms with van der Waals surface area (Å²) < 4.78 is 11.8. The molecule has 2 amide bonds. The highest BCUT2D eigenvalue weighted by atomic mass is 16.6. The first kappa shape index (κ1) is 22.0. The van der Waals surface area contributed by atoms with Crippen molar-refractivity contribution < 1.29 is 29.0 Å². The number of nitrogens with one attached hydrogen (secondary N) is 1. The van der Waals surface area contributed by atoms with Crippen LogP contribution >= 0.6 is 0 Å². The van der Waals surface area contributed by atoms with E-state index in [1.165, 1.54) is 4.90 Å². The first-order chi connectivity index (χ1) is 13.3. The van der Waals surface area contributed by atoms with Gasteiger partial charge in [0, 0.05) is 5.54 Å². The van der Waals surface area contributed by atoms with Crippen molar-refractivity contribution in [3.8, 4) is 0 Å². The molecule has 0 aromatic rings. The monoisotopic (exact) mass is 410 g/mol. The average molecular weight is 411 g/mol. The van der Waals surface area contributed by atoms with Gasteiger partial charge in [0.05, 0.1) is 30.8 Å². The number of aliphatic hydroxyl groups excluding tert-OH is 1. The van der Waals surface area contributed by atoms with Crippen molar-refractivity contribution in [2.45, 2.75) is 83.7 Å². The molecule has 2 N–H and O–H groups in total. The summed E-state index contributed by atoms with van der Waals surface area (Å²) in [7, 11) is 0. The van der Waals surface area contributed by atoms with Gasteiger partial charge in [-0.2, -0.15) is 0 Å². The molecule has 8 heteroatoms. The molecule has 0 aliphatic carbocycles. The van der Waals surface area contributed by atoms with Crippen LogP contribution in [-0.4, -0.2) is 69.8 Å². The Hall–Kier alpha value is -1.67. The fraction of sp³-hybridized carbons (Fsp3) is 0.857. The van der Waals surface area contributed by atoms with Crippen LogP contribution in [0.25, 0.3) is 0 Å². The van der Waals surface area contributed by atoms with Crippen LogP contribution in [0.4, 0.5) is 0 Å². The molecule has 3 unspecified atom stereocenters. The molecule has 2 bridgehead atoms. The zero-order valence-electron chi connectivity index (χ0n) is 18.4. The van der Waals surface area contributed by atoms with Crippen molar-refractivity contribution >= 4 is 17.8 Å². The number of aliphatic hydroxyl groups is 1. The van der Waals surface area contributed by atoms with Crippen LogP contribution in [0.1, 0.15) is 54.9 Å². The summed E-state index contributed by atoms with van der Waals surface area (Å²) in [6.45, 7) is 12.8. The molecule has 0 aromatic heterocycles. The van der Waals surface area contributed by atoms with Crippen LogP contribution in [0.2, 0.25) is 0 Å². The van der Waals surface area contributed by atoms with Gasteiger partial charge in [0.2, 0.25) is 11.8 Å². The number of amides is 2. The first-order valence-electron chi connectivity index (χ1n) is 10.5. The fourth-order valence-corrected chi connectivity index (χ4v) is 5.57. The first-order valence-corrected chi connectivity index (χ1v) is 10.5. The third kappa shape index (κ3) is 3.06. The maximum absolute atomic E-state index is 13.6. The van der Waals surface area contributed by atoms with Gasteiger partial charge in [0.1, 0.15) is 17.6 Å². The molecule has 164 valence electrons. The molecule has 7 atom stereocenters. The number of hydrogen-bond acceptors (Lipinski definition) is 6. The second-order valence-electron chi connectivity index (χ2n) is 9.97. The van der Waals surface area contributed by atoms with Crippen LogP contribution in [0.3, 0.4) is 0 Å². The van der Waals surface area contributed by atoms with Crippen molar-refractivity contribution in [3.63, 3.8) is 0 Å². The number of carbonyl (C=O) groups excluding carboxylic acids is 3. The lowest BCUT2D eigenvalue weighted by molar-refractivity contribution is -0.162. The average Bonchev–Trinajstić information content (AvgIpc) is 3.10. The summed E-state index contributed by atoms with van der Waals surface area (Å²) >= 11 is 0. The summed E-state index contributed by atoms with van der Waals surface area (Å²) in [5, 5.41) is 12.7. The lowest BCUT2D eigenvalue weighted by Gasteiger charge is -2.37. The predicted octanol–water partition coefficient (Wildman–Crippen LogP) is 0.856. The third-order valence-electron chi connectivity index (χ3n) is 6.78. The molecule has 8 nitrogen and oxygen atoms in total. The van der Waals surface area contributed by atoms with Crippen molar-refractivity contribution in [2.75, 3.05) is 13.2 Å². The fourth-order valence-electron chi connectivity index (χ4n) is 5.57. The van der Waals surface area contributed by atoms with Gasteiger partial charge in [-0.25, -0.2) is 0 Å². The van der Waals surface area contributed by atoms with Gasteiger partial charge in [-0.1, -0.05) is 6.92 Å². The summed E-state index contributed by atoms with van der Waals surface area (Å²) in [4.78, 5) is 41.3. The van der Waals surface area contributed by atoms with Crippen molar-refractivity contribution in [3.05, 3.63) is 0 Å². The van der Waals surface area contributed by atoms with E-state index in [9.17, 15) is 19.5 Å². The van der Waals surface area contributed by atoms with E-state index < -0.39 is 46.6 Å². The topological polar surface area (TPSA) is 105 Å². The largest absolute Gasteiger partial charge is 0.466 e. The number of nitrogens with zero attached hydrogens (tertiary/aromatic N) is 1. The van der Waals surface area contributed by atoms with Gasteiger partial charge >= 0.3 is 5.97 Å². The normalized spacial score (nSPS) is 39.4. The van der Waals surface area contributed by atoms with Gasteiger partial charge in [0.25, 0.3) is 0 Å². The van der Waals surface area contributed by atoms with Crippen molar-refractivity contribution in [1.82, 2.24) is 10.2 Å². The van der Waals surface area contributed by atoms with Crippen LogP contribution < -0.4 is 5.32 Å². The van der Waals surface area contributed by atoms with Crippen molar-refractivity contribution in [2.24, 2.45) is 17.8 Å². The quantitative estimate of drug-likeness (QED) is 0.651. The Morgan fingerprint density at radius 3 is 2.55 bits per heavy atom. The standard InChI is InChI=1S/C21H34N2O6/c1-8-28-18(27)14-13-17(26)23(12(3)10-24)15(16(25)22-19(4,5)6)21(13)9-11(2)20(14,7)29-21/h11-15,24H,8-10H2,1-7H3,(H,22,25)/t11?,12-,13+,14-,15?,20+,21?/m1/s1. The smallest absolute Gasteiger partial charge is 0.312 e. The van der Waals surface area contributed by atoms with E-state index in [0.29, 0.717) is 6.42 Å². The van der Waals surface area contributed by atoms with Crippen LogP contribution in [0.15, 0.2) is 0 Å². The summed E-state index contributed by atoms with van der Waals surface area (Å²) in [6, 6.07) is -1.49. The third-order valence-corrected chi connectivity index (χ3v) is 6.78. The predicted molar refractivity (Wildman–Crippen MR) is 105 cm³/mol. The Morgan fingerprint density at radius 2 is 2.03 bits per heavy atom. The molecule has 3 aliphatic heterocycles. The minimum absolute atomic E-state index is 0.0322. The SMILES string of the molecule is CCOC(=O)[C@H]1[C@H]2C(=O)N([C@H](C)CO)C(C(=O)NC(C)(C)C)C23CC(C)[C@]1(C)O3. The van der Waals surface area contributed by atoms with Gasteiger partial charge in [-0.3, -0.25) is 14.4 Å². The van der Waals surface area contributed by atoms with Gasteiger partial charge in [0.15, 0.2) is 0 Å². The van der Waals surface area contributed by atoms with E-state index in [0.717, 1.165) is 0 Å². The number of carbonyl (C=O) groups is 3. The van der Waals surface area contributed by atoms with Gasteiger partial charge in [-0.15, -0.1) is 0 Å². The number of esters is 1. The Labute approximate surface area is 172 Å². The number of ether oxygens (including phenoxy) is 2. The lowest BCUT2D eigenvalue weighted by Crippen LogP contribution is -2.60. The lowest BCUT2D eigenvalue weighted by atomic mass is 9.62. The van der Waals surface area contributed by atoms with E-state index in [1.54, 1.807) is 13.8 Å². The van der Waals surface area contributed by atoms with Crippen LogP contribution in [0, 0.1) is 17.8 Å². The highest BCUT2D eigenvalue weighted by Crippen LogP contribution is 2.65.